The van der Waals surface area contributed by atoms with Crippen LogP contribution in [0.1, 0.15) is 44.0 Å². The fourth-order valence-electron chi connectivity index (χ4n) is 5.02. The summed E-state index contributed by atoms with van der Waals surface area (Å²) in [4.78, 5) is 10.9. The standard InChI is InChI=1S/C23H25N7OS/c1-23-7-3-4-15(27-23)9-16(10-23)30(2)20-12-25-22(29-28-20)17-6-5-14(8-19(17)31)18-13-32-21(11-24)26-18/h5-6,8,12-13,15-16,27,31H,3-4,7,9-10H2,1-2H3/t15-,16-,23+/m0/s1. The second kappa shape index (κ2) is 8.11. The van der Waals surface area contributed by atoms with E-state index in [9.17, 15) is 5.11 Å². The van der Waals surface area contributed by atoms with Gasteiger partial charge in [-0.05, 0) is 44.7 Å². The van der Waals surface area contributed by atoms with Crippen LogP contribution in [-0.2, 0) is 0 Å². The third-order valence-corrected chi connectivity index (χ3v) is 7.42. The molecule has 0 spiro atoms. The molecule has 164 valence electrons. The molecule has 0 unspecified atom stereocenters. The smallest absolute Gasteiger partial charge is 0.194 e. The maximum absolute atomic E-state index is 10.6. The number of nitrogens with zero attached hydrogens (tertiary/aromatic N) is 6. The summed E-state index contributed by atoms with van der Waals surface area (Å²) in [5.74, 6) is 1.16. The molecule has 9 heteroatoms. The number of thiazole rings is 1. The predicted octanol–water partition coefficient (Wildman–Crippen LogP) is 3.74. The minimum Gasteiger partial charge on any atom is -0.507 e. The molecule has 32 heavy (non-hydrogen) atoms. The first-order valence-electron chi connectivity index (χ1n) is 10.8. The van der Waals surface area contributed by atoms with Gasteiger partial charge < -0.3 is 15.3 Å². The van der Waals surface area contributed by atoms with Crippen molar-refractivity contribution < 1.29 is 5.11 Å². The number of nitrogens with one attached hydrogen (secondary N) is 1. The van der Waals surface area contributed by atoms with Crippen molar-refractivity contribution in [2.24, 2.45) is 0 Å². The number of aromatic nitrogens is 4. The van der Waals surface area contributed by atoms with Gasteiger partial charge >= 0.3 is 0 Å². The monoisotopic (exact) mass is 447 g/mol. The molecule has 2 bridgehead atoms. The molecule has 2 fully saturated rings. The zero-order valence-corrected chi connectivity index (χ0v) is 18.9. The number of fused-ring (bicyclic) bond motifs is 2. The van der Waals surface area contributed by atoms with Crippen molar-refractivity contribution >= 4 is 17.2 Å². The average molecular weight is 448 g/mol. The van der Waals surface area contributed by atoms with Crippen LogP contribution in [0.15, 0.2) is 29.8 Å². The maximum atomic E-state index is 10.6. The van der Waals surface area contributed by atoms with Crippen LogP contribution in [0.25, 0.3) is 22.6 Å². The third kappa shape index (κ3) is 3.92. The van der Waals surface area contributed by atoms with Crippen molar-refractivity contribution in [3.8, 4) is 34.5 Å². The number of benzene rings is 1. The highest BCUT2D eigenvalue weighted by molar-refractivity contribution is 7.10. The second-order valence-electron chi connectivity index (χ2n) is 9.02. The highest BCUT2D eigenvalue weighted by Gasteiger charge is 2.40. The normalized spacial score (nSPS) is 24.7. The Bertz CT molecular complexity index is 1170. The topological polar surface area (TPSA) is 111 Å². The number of phenols is 1. The fourth-order valence-corrected chi connectivity index (χ4v) is 5.64. The van der Waals surface area contributed by atoms with Gasteiger partial charge in [0.1, 0.15) is 11.8 Å². The van der Waals surface area contributed by atoms with Gasteiger partial charge in [0.05, 0.1) is 17.5 Å². The summed E-state index contributed by atoms with van der Waals surface area (Å²) in [5, 5.41) is 34.2. The molecule has 1 aromatic carbocycles. The lowest BCUT2D eigenvalue weighted by molar-refractivity contribution is 0.140. The number of rotatable bonds is 4. The number of hydrogen-bond acceptors (Lipinski definition) is 9. The van der Waals surface area contributed by atoms with Gasteiger partial charge in [-0.15, -0.1) is 21.5 Å². The van der Waals surface area contributed by atoms with Gasteiger partial charge in [0, 0.05) is 35.6 Å². The zero-order chi connectivity index (χ0) is 22.3. The highest BCUT2D eigenvalue weighted by atomic mass is 32.1. The molecule has 0 saturated carbocycles. The quantitative estimate of drug-likeness (QED) is 0.622. The van der Waals surface area contributed by atoms with Crippen LogP contribution in [0.5, 0.6) is 5.75 Å². The molecule has 3 atom stereocenters. The van der Waals surface area contributed by atoms with E-state index in [0.717, 1.165) is 24.2 Å². The Labute approximate surface area is 191 Å². The maximum Gasteiger partial charge on any atom is 0.194 e. The predicted molar refractivity (Wildman–Crippen MR) is 123 cm³/mol. The Morgan fingerprint density at radius 3 is 2.91 bits per heavy atom. The van der Waals surface area contributed by atoms with E-state index in [0.29, 0.717) is 34.2 Å². The van der Waals surface area contributed by atoms with E-state index in [2.05, 4.69) is 44.4 Å². The molecule has 0 amide bonds. The van der Waals surface area contributed by atoms with Crippen molar-refractivity contribution in [1.29, 1.82) is 5.26 Å². The number of piperidine rings is 2. The molecule has 4 heterocycles. The Kier molecular flexibility index (Phi) is 5.27. The molecule has 2 aliphatic heterocycles. The van der Waals surface area contributed by atoms with Crippen molar-refractivity contribution in [3.05, 3.63) is 34.8 Å². The van der Waals surface area contributed by atoms with E-state index in [1.165, 1.54) is 30.6 Å². The minimum atomic E-state index is 0.0519. The number of hydrogen-bond donors (Lipinski definition) is 2. The van der Waals surface area contributed by atoms with Gasteiger partial charge in [-0.2, -0.15) is 5.26 Å². The van der Waals surface area contributed by atoms with Crippen LogP contribution in [0.2, 0.25) is 0 Å². The molecule has 8 nitrogen and oxygen atoms in total. The molecule has 0 radical (unpaired) electrons. The first kappa shape index (κ1) is 20.8. The summed E-state index contributed by atoms with van der Waals surface area (Å²) in [6.45, 7) is 2.32. The van der Waals surface area contributed by atoms with Crippen molar-refractivity contribution in [2.45, 2.75) is 56.7 Å². The van der Waals surface area contributed by atoms with E-state index >= 15 is 0 Å². The summed E-state index contributed by atoms with van der Waals surface area (Å²) < 4.78 is 0. The van der Waals surface area contributed by atoms with Crippen molar-refractivity contribution in [2.75, 3.05) is 11.9 Å². The Balaban J connectivity index is 1.34. The largest absolute Gasteiger partial charge is 0.507 e. The van der Waals surface area contributed by atoms with Crippen LogP contribution in [-0.4, -0.2) is 49.9 Å². The molecule has 2 saturated heterocycles. The van der Waals surface area contributed by atoms with Gasteiger partial charge in [0.2, 0.25) is 0 Å². The zero-order valence-electron chi connectivity index (χ0n) is 18.1. The number of aromatic hydroxyl groups is 1. The van der Waals surface area contributed by atoms with Crippen LogP contribution < -0.4 is 10.2 Å². The molecule has 3 aromatic rings. The van der Waals surface area contributed by atoms with Gasteiger partial charge in [-0.25, -0.2) is 9.97 Å². The summed E-state index contributed by atoms with van der Waals surface area (Å²) in [6, 6.07) is 8.20. The SMILES string of the molecule is CN(c1cnc(-c2ccc(-c3csc(C#N)n3)cc2O)nn1)[C@H]1C[C@@H]2CCC[C@](C)(C1)N2. The molecule has 0 aliphatic carbocycles. The van der Waals surface area contributed by atoms with Crippen LogP contribution in [0.4, 0.5) is 5.82 Å². The van der Waals surface area contributed by atoms with Crippen LogP contribution >= 0.6 is 11.3 Å². The summed E-state index contributed by atoms with van der Waals surface area (Å²) in [7, 11) is 2.07. The summed E-state index contributed by atoms with van der Waals surface area (Å²) in [5.41, 5.74) is 2.10. The van der Waals surface area contributed by atoms with Gasteiger partial charge in [0.25, 0.3) is 0 Å². The number of anilines is 1. The van der Waals surface area contributed by atoms with E-state index < -0.39 is 0 Å². The minimum absolute atomic E-state index is 0.0519. The van der Waals surface area contributed by atoms with Crippen LogP contribution in [0, 0.1) is 11.3 Å². The molecule has 2 N–H and O–H groups in total. The summed E-state index contributed by atoms with van der Waals surface area (Å²) in [6.07, 6.45) is 7.65. The molecular weight excluding hydrogens is 422 g/mol. The van der Waals surface area contributed by atoms with E-state index in [4.69, 9.17) is 5.26 Å². The number of phenolic OH excluding ortho intramolecular Hbond substituents is 1. The molecule has 2 aromatic heterocycles. The molecular formula is C23H25N7OS. The van der Waals surface area contributed by atoms with E-state index in [-0.39, 0.29) is 11.3 Å². The van der Waals surface area contributed by atoms with Crippen molar-refractivity contribution in [1.82, 2.24) is 25.5 Å². The first-order chi connectivity index (χ1) is 15.4. The molecule has 5 rings (SSSR count). The van der Waals surface area contributed by atoms with E-state index in [1.807, 2.05) is 12.1 Å². The van der Waals surface area contributed by atoms with Crippen LogP contribution in [0.3, 0.4) is 0 Å². The van der Waals surface area contributed by atoms with E-state index in [1.54, 1.807) is 23.7 Å². The Morgan fingerprint density at radius 2 is 2.22 bits per heavy atom. The second-order valence-corrected chi connectivity index (χ2v) is 9.88. The van der Waals surface area contributed by atoms with Gasteiger partial charge in [-0.3, -0.25) is 0 Å². The Morgan fingerprint density at radius 1 is 1.34 bits per heavy atom. The number of nitriles is 1. The third-order valence-electron chi connectivity index (χ3n) is 6.67. The van der Waals surface area contributed by atoms with Gasteiger partial charge in [-0.1, -0.05) is 12.5 Å². The van der Waals surface area contributed by atoms with Gasteiger partial charge in [0.15, 0.2) is 16.6 Å². The van der Waals surface area contributed by atoms with Crippen molar-refractivity contribution in [3.63, 3.8) is 0 Å². The fraction of sp³-hybridized carbons (Fsp3) is 0.435. The lowest BCUT2D eigenvalue weighted by Crippen LogP contribution is -2.61. The lowest BCUT2D eigenvalue weighted by atomic mass is 9.75. The molecule has 2 aliphatic rings. The lowest BCUT2D eigenvalue weighted by Gasteiger charge is -2.49. The Hall–Kier alpha value is -3.09. The highest BCUT2D eigenvalue weighted by Crippen LogP contribution is 2.37. The average Bonchev–Trinajstić information content (AvgIpc) is 3.27. The first-order valence-corrected chi connectivity index (χ1v) is 11.7. The summed E-state index contributed by atoms with van der Waals surface area (Å²) >= 11 is 1.27.